The van der Waals surface area contributed by atoms with Crippen molar-refractivity contribution in [1.82, 2.24) is 4.98 Å². The van der Waals surface area contributed by atoms with Gasteiger partial charge in [-0.1, -0.05) is 29.8 Å². The Bertz CT molecular complexity index is 819. The Kier molecular flexibility index (Phi) is 3.40. The molecule has 0 aliphatic rings. The van der Waals surface area contributed by atoms with Crippen LogP contribution >= 0.6 is 0 Å². The van der Waals surface area contributed by atoms with E-state index in [1.165, 1.54) is 0 Å². The van der Waals surface area contributed by atoms with Gasteiger partial charge in [0.05, 0.1) is 12.7 Å². The molecule has 1 aromatic heterocycles. The predicted octanol–water partition coefficient (Wildman–Crippen LogP) is 3.78. The summed E-state index contributed by atoms with van der Waals surface area (Å²) in [6.45, 7) is 1.96. The molecule has 0 saturated carbocycles. The molecule has 104 valence electrons. The van der Waals surface area contributed by atoms with Gasteiger partial charge in [0.2, 0.25) is 0 Å². The SMILES string of the molecule is COc1ccc(C)cc1C(=O)c1cccc2cnccc12. The van der Waals surface area contributed by atoms with Crippen molar-refractivity contribution < 1.29 is 9.53 Å². The van der Waals surface area contributed by atoms with E-state index in [1.807, 2.05) is 49.4 Å². The molecule has 0 aliphatic carbocycles. The van der Waals surface area contributed by atoms with Crippen LogP contribution in [0.5, 0.6) is 5.75 Å². The number of ketones is 1. The quantitative estimate of drug-likeness (QED) is 0.684. The summed E-state index contributed by atoms with van der Waals surface area (Å²) in [6, 6.07) is 13.2. The molecule has 3 aromatic rings. The molecule has 3 rings (SSSR count). The van der Waals surface area contributed by atoms with Gasteiger partial charge < -0.3 is 4.74 Å². The largest absolute Gasteiger partial charge is 0.496 e. The molecule has 0 bridgehead atoms. The van der Waals surface area contributed by atoms with E-state index in [0.717, 1.165) is 16.3 Å². The fraction of sp³-hybridized carbons (Fsp3) is 0.111. The van der Waals surface area contributed by atoms with Crippen molar-refractivity contribution in [3.8, 4) is 5.75 Å². The highest BCUT2D eigenvalue weighted by atomic mass is 16.5. The van der Waals surface area contributed by atoms with Crippen molar-refractivity contribution >= 4 is 16.6 Å². The molecule has 0 unspecified atom stereocenters. The van der Waals surface area contributed by atoms with Crippen LogP contribution in [0.4, 0.5) is 0 Å². The van der Waals surface area contributed by atoms with Gasteiger partial charge in [0.25, 0.3) is 0 Å². The highest BCUT2D eigenvalue weighted by molar-refractivity contribution is 6.17. The normalized spacial score (nSPS) is 10.6. The number of hydrogen-bond donors (Lipinski definition) is 0. The minimum Gasteiger partial charge on any atom is -0.496 e. The lowest BCUT2D eigenvalue weighted by molar-refractivity contribution is 0.103. The van der Waals surface area contributed by atoms with Crippen LogP contribution < -0.4 is 4.74 Å². The van der Waals surface area contributed by atoms with Gasteiger partial charge in [-0.3, -0.25) is 9.78 Å². The van der Waals surface area contributed by atoms with E-state index in [9.17, 15) is 4.79 Å². The highest BCUT2D eigenvalue weighted by Crippen LogP contribution is 2.26. The van der Waals surface area contributed by atoms with Crippen LogP contribution in [0.1, 0.15) is 21.5 Å². The minimum absolute atomic E-state index is 0.0349. The lowest BCUT2D eigenvalue weighted by Gasteiger charge is -2.10. The zero-order valence-electron chi connectivity index (χ0n) is 12.0. The summed E-state index contributed by atoms with van der Waals surface area (Å²) in [5, 5.41) is 1.86. The van der Waals surface area contributed by atoms with Crippen molar-refractivity contribution in [1.29, 1.82) is 0 Å². The first-order chi connectivity index (χ1) is 10.2. The summed E-state index contributed by atoms with van der Waals surface area (Å²) in [5.74, 6) is 0.559. The molecule has 2 aromatic carbocycles. The number of methoxy groups -OCH3 is 1. The van der Waals surface area contributed by atoms with Crippen LogP contribution in [0.25, 0.3) is 10.8 Å². The van der Waals surface area contributed by atoms with Gasteiger partial charge in [-0.25, -0.2) is 0 Å². The van der Waals surface area contributed by atoms with Gasteiger partial charge in [0.1, 0.15) is 5.75 Å². The molecular formula is C18H15NO2. The molecule has 0 spiro atoms. The average Bonchev–Trinajstić information content (AvgIpc) is 2.53. The Morgan fingerprint density at radius 1 is 1.10 bits per heavy atom. The van der Waals surface area contributed by atoms with Crippen LogP contribution in [0, 0.1) is 6.92 Å². The summed E-state index contributed by atoms with van der Waals surface area (Å²) in [6.07, 6.45) is 3.46. The zero-order chi connectivity index (χ0) is 14.8. The zero-order valence-corrected chi connectivity index (χ0v) is 12.0. The average molecular weight is 277 g/mol. The third kappa shape index (κ3) is 2.38. The van der Waals surface area contributed by atoms with Gasteiger partial charge in [0, 0.05) is 23.3 Å². The monoisotopic (exact) mass is 277 g/mol. The summed E-state index contributed by atoms with van der Waals surface area (Å²) in [4.78, 5) is 17.0. The predicted molar refractivity (Wildman–Crippen MR) is 82.9 cm³/mol. The Morgan fingerprint density at radius 3 is 2.76 bits per heavy atom. The number of aryl methyl sites for hydroxylation is 1. The van der Waals surface area contributed by atoms with E-state index < -0.39 is 0 Å². The number of carbonyl (C=O) groups excluding carboxylic acids is 1. The third-order valence-corrected chi connectivity index (χ3v) is 3.52. The fourth-order valence-corrected chi connectivity index (χ4v) is 2.46. The summed E-state index contributed by atoms with van der Waals surface area (Å²) in [7, 11) is 1.58. The van der Waals surface area contributed by atoms with E-state index >= 15 is 0 Å². The molecule has 3 nitrogen and oxygen atoms in total. The maximum absolute atomic E-state index is 12.9. The van der Waals surface area contributed by atoms with E-state index in [-0.39, 0.29) is 5.78 Å². The fourth-order valence-electron chi connectivity index (χ4n) is 2.46. The van der Waals surface area contributed by atoms with Crippen molar-refractivity contribution in [3.05, 3.63) is 71.5 Å². The molecule has 0 atom stereocenters. The second-order valence-corrected chi connectivity index (χ2v) is 4.94. The summed E-state index contributed by atoms with van der Waals surface area (Å²) >= 11 is 0. The highest BCUT2D eigenvalue weighted by Gasteiger charge is 2.16. The first-order valence-electron chi connectivity index (χ1n) is 6.73. The number of nitrogens with zero attached hydrogens (tertiary/aromatic N) is 1. The molecule has 0 radical (unpaired) electrons. The van der Waals surface area contributed by atoms with Crippen molar-refractivity contribution in [3.63, 3.8) is 0 Å². The Hall–Kier alpha value is -2.68. The lowest BCUT2D eigenvalue weighted by Crippen LogP contribution is -2.05. The van der Waals surface area contributed by atoms with Crippen LogP contribution in [0.3, 0.4) is 0 Å². The van der Waals surface area contributed by atoms with E-state index in [0.29, 0.717) is 16.9 Å². The maximum atomic E-state index is 12.9. The molecule has 3 heteroatoms. The second kappa shape index (κ2) is 5.37. The van der Waals surface area contributed by atoms with Crippen LogP contribution in [0.15, 0.2) is 54.9 Å². The second-order valence-electron chi connectivity index (χ2n) is 4.94. The number of pyridine rings is 1. The van der Waals surface area contributed by atoms with Crippen LogP contribution in [-0.2, 0) is 0 Å². The number of rotatable bonds is 3. The molecular weight excluding hydrogens is 262 g/mol. The number of fused-ring (bicyclic) bond motifs is 1. The van der Waals surface area contributed by atoms with Gasteiger partial charge >= 0.3 is 0 Å². The molecule has 21 heavy (non-hydrogen) atoms. The summed E-state index contributed by atoms with van der Waals surface area (Å²) in [5.41, 5.74) is 2.28. The molecule has 0 fully saturated rings. The van der Waals surface area contributed by atoms with Gasteiger partial charge in [-0.2, -0.15) is 0 Å². The van der Waals surface area contributed by atoms with Crippen molar-refractivity contribution in [2.75, 3.05) is 7.11 Å². The Labute approximate surface area is 123 Å². The van der Waals surface area contributed by atoms with Crippen molar-refractivity contribution in [2.45, 2.75) is 6.92 Å². The molecule has 0 amide bonds. The van der Waals surface area contributed by atoms with Crippen molar-refractivity contribution in [2.24, 2.45) is 0 Å². The molecule has 0 aliphatic heterocycles. The molecule has 0 saturated heterocycles. The van der Waals surface area contributed by atoms with Crippen LogP contribution in [0.2, 0.25) is 0 Å². The first-order valence-corrected chi connectivity index (χ1v) is 6.73. The number of aromatic nitrogens is 1. The Morgan fingerprint density at radius 2 is 1.95 bits per heavy atom. The standard InChI is InChI=1S/C18H15NO2/c1-12-6-7-17(21-2)16(10-12)18(20)15-5-3-4-13-11-19-9-8-14(13)15/h3-11H,1-2H3. The van der Waals surface area contributed by atoms with Gasteiger partial charge in [-0.15, -0.1) is 0 Å². The topological polar surface area (TPSA) is 39.2 Å². The first kappa shape index (κ1) is 13.3. The maximum Gasteiger partial charge on any atom is 0.197 e. The number of benzene rings is 2. The van der Waals surface area contributed by atoms with E-state index in [2.05, 4.69) is 4.98 Å². The number of hydrogen-bond acceptors (Lipinski definition) is 3. The Balaban J connectivity index is 2.20. The smallest absolute Gasteiger partial charge is 0.197 e. The van der Waals surface area contributed by atoms with E-state index in [4.69, 9.17) is 4.74 Å². The van der Waals surface area contributed by atoms with Gasteiger partial charge in [-0.05, 0) is 30.5 Å². The number of carbonyl (C=O) groups is 1. The molecule has 0 N–H and O–H groups in total. The lowest BCUT2D eigenvalue weighted by atomic mass is 9.96. The third-order valence-electron chi connectivity index (χ3n) is 3.52. The minimum atomic E-state index is -0.0349. The number of ether oxygens (including phenoxy) is 1. The molecule has 1 heterocycles. The van der Waals surface area contributed by atoms with E-state index in [1.54, 1.807) is 19.5 Å². The van der Waals surface area contributed by atoms with Gasteiger partial charge in [0.15, 0.2) is 5.78 Å². The van der Waals surface area contributed by atoms with Crippen LogP contribution in [-0.4, -0.2) is 17.9 Å². The summed E-state index contributed by atoms with van der Waals surface area (Å²) < 4.78 is 5.32.